The van der Waals surface area contributed by atoms with Crippen LogP contribution >= 0.6 is 0 Å². The number of benzene rings is 1. The second-order valence-electron chi connectivity index (χ2n) is 9.51. The number of hydrogen-bond acceptors (Lipinski definition) is 6. The number of sulfone groups is 1. The summed E-state index contributed by atoms with van der Waals surface area (Å²) in [6.45, 7) is 11.4. The fraction of sp³-hybridized carbons (Fsp3) is 0.636. The van der Waals surface area contributed by atoms with Gasteiger partial charge >= 0.3 is 5.97 Å². The fourth-order valence-electron chi connectivity index (χ4n) is 3.87. The Morgan fingerprint density at radius 1 is 1.20 bits per heavy atom. The predicted octanol–water partition coefficient (Wildman–Crippen LogP) is 3.49. The van der Waals surface area contributed by atoms with Crippen LogP contribution in [0.3, 0.4) is 0 Å². The summed E-state index contributed by atoms with van der Waals surface area (Å²) in [5.74, 6) is 0.632. The number of carbonyl (C=O) groups excluding carboxylic acids is 1. The van der Waals surface area contributed by atoms with Gasteiger partial charge in [0.05, 0.1) is 23.0 Å². The van der Waals surface area contributed by atoms with Crippen LogP contribution in [0, 0.1) is 5.92 Å². The van der Waals surface area contributed by atoms with Gasteiger partial charge in [-0.15, -0.1) is 0 Å². The van der Waals surface area contributed by atoms with E-state index < -0.39 is 20.6 Å². The number of methoxy groups -OCH3 is 1. The Labute approximate surface area is 178 Å². The van der Waals surface area contributed by atoms with Crippen LogP contribution in [-0.4, -0.2) is 49.0 Å². The first-order chi connectivity index (χ1) is 13.9. The number of imidazole rings is 1. The van der Waals surface area contributed by atoms with Crippen molar-refractivity contribution in [2.75, 3.05) is 20.3 Å². The van der Waals surface area contributed by atoms with Crippen LogP contribution in [0.2, 0.25) is 0 Å². The molecule has 1 saturated heterocycles. The molecule has 1 aromatic carbocycles. The molecule has 1 aliphatic heterocycles. The summed E-state index contributed by atoms with van der Waals surface area (Å²) >= 11 is 0. The highest BCUT2D eigenvalue weighted by Gasteiger charge is 2.44. The number of hydrogen-bond donors (Lipinski definition) is 0. The van der Waals surface area contributed by atoms with E-state index in [4.69, 9.17) is 14.5 Å². The van der Waals surface area contributed by atoms with E-state index in [0.717, 1.165) is 43.9 Å². The lowest BCUT2D eigenvalue weighted by Crippen LogP contribution is -2.41. The molecule has 0 radical (unpaired) electrons. The van der Waals surface area contributed by atoms with Crippen molar-refractivity contribution in [2.45, 2.75) is 69.1 Å². The summed E-state index contributed by atoms with van der Waals surface area (Å²) in [4.78, 5) is 17.0. The first kappa shape index (κ1) is 22.7. The van der Waals surface area contributed by atoms with Gasteiger partial charge in [0.1, 0.15) is 5.82 Å². The van der Waals surface area contributed by atoms with E-state index in [1.54, 1.807) is 18.2 Å². The Morgan fingerprint density at radius 2 is 1.83 bits per heavy atom. The molecule has 0 amide bonds. The molecule has 2 heterocycles. The van der Waals surface area contributed by atoms with E-state index in [0.29, 0.717) is 11.4 Å². The number of aromatic nitrogens is 2. The number of nitrogens with zero attached hydrogens (tertiary/aromatic N) is 2. The topological polar surface area (TPSA) is 87.5 Å². The number of rotatable bonds is 5. The minimum atomic E-state index is -3.95. The van der Waals surface area contributed by atoms with Gasteiger partial charge < -0.3 is 14.0 Å². The monoisotopic (exact) mass is 436 g/mol. The predicted molar refractivity (Wildman–Crippen MR) is 115 cm³/mol. The van der Waals surface area contributed by atoms with Gasteiger partial charge in [0.15, 0.2) is 14.6 Å². The summed E-state index contributed by atoms with van der Waals surface area (Å²) in [6.07, 6.45) is 2.01. The summed E-state index contributed by atoms with van der Waals surface area (Å²) in [5, 5.41) is 0. The van der Waals surface area contributed by atoms with E-state index in [-0.39, 0.29) is 10.3 Å². The average Bonchev–Trinajstić information content (AvgIpc) is 3.06. The van der Waals surface area contributed by atoms with Crippen molar-refractivity contribution >= 4 is 26.8 Å². The van der Waals surface area contributed by atoms with Crippen LogP contribution in [0.5, 0.6) is 0 Å². The van der Waals surface area contributed by atoms with Crippen LogP contribution in [0.4, 0.5) is 0 Å². The van der Waals surface area contributed by atoms with E-state index >= 15 is 0 Å². The van der Waals surface area contributed by atoms with Crippen molar-refractivity contribution in [1.29, 1.82) is 0 Å². The molecule has 7 nitrogen and oxygen atoms in total. The molecule has 30 heavy (non-hydrogen) atoms. The molecule has 0 saturated carbocycles. The number of esters is 1. The molecule has 1 fully saturated rings. The number of fused-ring (bicyclic) bond motifs is 1. The third-order valence-electron chi connectivity index (χ3n) is 5.83. The zero-order valence-electron chi connectivity index (χ0n) is 18.7. The molecule has 2 aromatic rings. The van der Waals surface area contributed by atoms with Crippen molar-refractivity contribution in [2.24, 2.45) is 5.92 Å². The van der Waals surface area contributed by atoms with Crippen molar-refractivity contribution in [3.63, 3.8) is 0 Å². The van der Waals surface area contributed by atoms with Crippen molar-refractivity contribution in [3.8, 4) is 0 Å². The van der Waals surface area contributed by atoms with Crippen LogP contribution in [-0.2, 0) is 36.1 Å². The van der Waals surface area contributed by atoms with E-state index in [1.165, 1.54) is 21.0 Å². The summed E-state index contributed by atoms with van der Waals surface area (Å²) < 4.78 is 37.0. The number of ether oxygens (including phenoxy) is 2. The van der Waals surface area contributed by atoms with Gasteiger partial charge in [0.25, 0.3) is 0 Å². The van der Waals surface area contributed by atoms with E-state index in [9.17, 15) is 13.2 Å². The second kappa shape index (κ2) is 7.96. The molecule has 166 valence electrons. The van der Waals surface area contributed by atoms with Gasteiger partial charge in [0.2, 0.25) is 0 Å². The molecule has 0 bridgehead atoms. The smallest absolute Gasteiger partial charge is 0.327 e. The standard InChI is InChI=1S/C22H32N2O5S/c1-21(2,3)19-23-17-13-16(30(26,27)22(4,5)20(25)28-6)7-8-18(17)24(19)14-15-9-11-29-12-10-15/h7-8,13,15H,9-12,14H2,1-6H3. The van der Waals surface area contributed by atoms with Gasteiger partial charge in [0, 0.05) is 25.2 Å². The maximum Gasteiger partial charge on any atom is 0.327 e. The molecule has 0 aliphatic carbocycles. The lowest BCUT2D eigenvalue weighted by Gasteiger charge is -2.26. The van der Waals surface area contributed by atoms with Crippen LogP contribution < -0.4 is 0 Å². The highest BCUT2D eigenvalue weighted by molar-refractivity contribution is 7.93. The highest BCUT2D eigenvalue weighted by Crippen LogP contribution is 2.33. The molecule has 3 rings (SSSR count). The van der Waals surface area contributed by atoms with Crippen LogP contribution in [0.25, 0.3) is 11.0 Å². The lowest BCUT2D eigenvalue weighted by molar-refractivity contribution is -0.142. The molecule has 8 heteroatoms. The molecule has 1 aromatic heterocycles. The Bertz CT molecular complexity index is 1040. The largest absolute Gasteiger partial charge is 0.468 e. The quantitative estimate of drug-likeness (QED) is 0.667. The third-order valence-corrected chi connectivity index (χ3v) is 8.22. The molecule has 0 unspecified atom stereocenters. The summed E-state index contributed by atoms with van der Waals surface area (Å²) in [6, 6.07) is 4.94. The molecule has 0 atom stereocenters. The van der Waals surface area contributed by atoms with Gasteiger partial charge in [-0.1, -0.05) is 20.8 Å². The van der Waals surface area contributed by atoms with Gasteiger partial charge in [-0.25, -0.2) is 13.4 Å². The minimum absolute atomic E-state index is 0.0709. The molecule has 1 aliphatic rings. The lowest BCUT2D eigenvalue weighted by atomic mass is 9.94. The van der Waals surface area contributed by atoms with Crippen molar-refractivity contribution < 1.29 is 22.7 Å². The zero-order chi connectivity index (χ0) is 22.3. The van der Waals surface area contributed by atoms with E-state index in [2.05, 4.69) is 25.3 Å². The summed E-state index contributed by atoms with van der Waals surface area (Å²) in [7, 11) is -2.76. The maximum absolute atomic E-state index is 13.2. The van der Waals surface area contributed by atoms with Gasteiger partial charge in [-0.2, -0.15) is 0 Å². The first-order valence-corrected chi connectivity index (χ1v) is 11.8. The maximum atomic E-state index is 13.2. The van der Waals surface area contributed by atoms with Crippen LogP contribution in [0.15, 0.2) is 23.1 Å². The van der Waals surface area contributed by atoms with E-state index in [1.807, 2.05) is 0 Å². The fourth-order valence-corrected chi connectivity index (χ4v) is 5.28. The molecular formula is C22H32N2O5S. The normalized spacial score (nSPS) is 16.7. The SMILES string of the molecule is COC(=O)C(C)(C)S(=O)(=O)c1ccc2c(c1)nc(C(C)(C)C)n2CC1CCOCC1. The Hall–Kier alpha value is -1.93. The minimum Gasteiger partial charge on any atom is -0.468 e. The van der Waals surface area contributed by atoms with Crippen molar-refractivity contribution in [1.82, 2.24) is 9.55 Å². The van der Waals surface area contributed by atoms with Crippen LogP contribution in [0.1, 0.15) is 53.3 Å². The third kappa shape index (κ3) is 3.99. The Morgan fingerprint density at radius 3 is 2.40 bits per heavy atom. The average molecular weight is 437 g/mol. The van der Waals surface area contributed by atoms with Gasteiger partial charge in [-0.05, 0) is 50.8 Å². The number of carbonyl (C=O) groups is 1. The zero-order valence-corrected chi connectivity index (χ0v) is 19.5. The highest BCUT2D eigenvalue weighted by atomic mass is 32.2. The Kier molecular flexibility index (Phi) is 6.04. The first-order valence-electron chi connectivity index (χ1n) is 10.3. The Balaban J connectivity index is 2.10. The molecular weight excluding hydrogens is 404 g/mol. The molecule has 0 spiro atoms. The summed E-state index contributed by atoms with van der Waals surface area (Å²) in [5.41, 5.74) is 1.32. The van der Waals surface area contributed by atoms with Crippen molar-refractivity contribution in [3.05, 3.63) is 24.0 Å². The van der Waals surface area contributed by atoms with Gasteiger partial charge in [-0.3, -0.25) is 4.79 Å². The second-order valence-corrected chi connectivity index (χ2v) is 12.0. The molecule has 0 N–H and O–H groups in total.